The fraction of sp³-hybridized carbons (Fsp3) is 0.545. The molecule has 3 fully saturated rings. The van der Waals surface area contributed by atoms with E-state index in [0.29, 0.717) is 11.5 Å². The Morgan fingerprint density at radius 3 is 2.77 bits per heavy atom. The van der Waals surface area contributed by atoms with Gasteiger partial charge >= 0.3 is 5.97 Å². The van der Waals surface area contributed by atoms with Crippen LogP contribution < -0.4 is 0 Å². The van der Waals surface area contributed by atoms with Gasteiger partial charge in [-0.3, -0.25) is 0 Å². The van der Waals surface area contributed by atoms with Crippen molar-refractivity contribution in [3.05, 3.63) is 24.3 Å². The molecule has 0 amide bonds. The molecule has 3 saturated carbocycles. The standard InChI is InChI=1S/C11H12O2/c1-6(2)10(12)13-9-7-5-11(9)4-3-8(7)11/h3-4,7-9H,1,5H2,2H3. The van der Waals surface area contributed by atoms with E-state index in [9.17, 15) is 4.79 Å². The maximum atomic E-state index is 11.2. The van der Waals surface area contributed by atoms with Gasteiger partial charge in [0.1, 0.15) is 6.10 Å². The van der Waals surface area contributed by atoms with Crippen molar-refractivity contribution in [2.45, 2.75) is 19.4 Å². The zero-order chi connectivity index (χ0) is 9.22. The fourth-order valence-electron chi connectivity index (χ4n) is 2.80. The minimum atomic E-state index is -0.229. The van der Waals surface area contributed by atoms with Crippen molar-refractivity contribution in [1.82, 2.24) is 0 Å². The van der Waals surface area contributed by atoms with Crippen molar-refractivity contribution in [3.8, 4) is 0 Å². The van der Waals surface area contributed by atoms with E-state index in [0.717, 1.165) is 5.92 Å². The van der Waals surface area contributed by atoms with Gasteiger partial charge in [-0.15, -0.1) is 0 Å². The lowest BCUT2D eigenvalue weighted by atomic mass is 9.31. The number of esters is 1. The van der Waals surface area contributed by atoms with Crippen LogP contribution in [-0.2, 0) is 9.53 Å². The smallest absolute Gasteiger partial charge is 0.333 e. The Balaban J connectivity index is 1.69. The minimum absolute atomic E-state index is 0.173. The molecule has 4 rings (SSSR count). The summed E-state index contributed by atoms with van der Waals surface area (Å²) in [6, 6.07) is 0. The summed E-state index contributed by atoms with van der Waals surface area (Å²) in [7, 11) is 0. The number of hydrogen-bond donors (Lipinski definition) is 0. The molecule has 4 atom stereocenters. The molecule has 0 aromatic heterocycles. The van der Waals surface area contributed by atoms with Gasteiger partial charge in [0.05, 0.1) is 0 Å². The highest BCUT2D eigenvalue weighted by Gasteiger charge is 2.76. The van der Waals surface area contributed by atoms with E-state index in [4.69, 9.17) is 4.74 Å². The Morgan fingerprint density at radius 2 is 2.46 bits per heavy atom. The molecular weight excluding hydrogens is 164 g/mol. The SMILES string of the molecule is C=C(C)C(=O)OC1C2CC13C=CC23. The van der Waals surface area contributed by atoms with Crippen molar-refractivity contribution in [1.29, 1.82) is 0 Å². The average Bonchev–Trinajstić information content (AvgIpc) is 2.05. The van der Waals surface area contributed by atoms with Crippen LogP contribution in [0.3, 0.4) is 0 Å². The van der Waals surface area contributed by atoms with Gasteiger partial charge < -0.3 is 4.74 Å². The summed E-state index contributed by atoms with van der Waals surface area (Å²) in [6.07, 6.45) is 5.84. The number of carbonyl (C=O) groups is 1. The molecule has 0 radical (unpaired) electrons. The Morgan fingerprint density at radius 1 is 1.69 bits per heavy atom. The van der Waals surface area contributed by atoms with Gasteiger partial charge in [0.25, 0.3) is 0 Å². The maximum Gasteiger partial charge on any atom is 0.333 e. The van der Waals surface area contributed by atoms with Crippen molar-refractivity contribution in [2.75, 3.05) is 0 Å². The zero-order valence-corrected chi connectivity index (χ0v) is 7.62. The van der Waals surface area contributed by atoms with E-state index in [2.05, 4.69) is 18.7 Å². The second kappa shape index (κ2) is 1.89. The Bertz CT molecular complexity index is 342. The Labute approximate surface area is 77.3 Å². The maximum absolute atomic E-state index is 11.2. The third-order valence-electron chi connectivity index (χ3n) is 3.79. The van der Waals surface area contributed by atoms with Gasteiger partial charge in [-0.1, -0.05) is 18.7 Å². The van der Waals surface area contributed by atoms with E-state index in [1.54, 1.807) is 6.92 Å². The molecule has 2 heteroatoms. The largest absolute Gasteiger partial charge is 0.458 e. The van der Waals surface area contributed by atoms with Crippen LogP contribution in [0.2, 0.25) is 0 Å². The van der Waals surface area contributed by atoms with Crippen LogP contribution in [-0.4, -0.2) is 12.1 Å². The average molecular weight is 176 g/mol. The minimum Gasteiger partial charge on any atom is -0.458 e. The van der Waals surface area contributed by atoms with Crippen molar-refractivity contribution in [2.24, 2.45) is 17.3 Å². The lowest BCUT2D eigenvalue weighted by Crippen LogP contribution is -2.76. The summed E-state index contributed by atoms with van der Waals surface area (Å²) >= 11 is 0. The lowest BCUT2D eigenvalue weighted by Gasteiger charge is -2.75. The van der Waals surface area contributed by atoms with Crippen LogP contribution in [0.4, 0.5) is 0 Å². The van der Waals surface area contributed by atoms with E-state index in [1.807, 2.05) is 0 Å². The normalized spacial score (nSPS) is 47.9. The van der Waals surface area contributed by atoms with Gasteiger partial charge in [-0.25, -0.2) is 4.79 Å². The number of rotatable bonds is 2. The van der Waals surface area contributed by atoms with Gasteiger partial charge in [0.2, 0.25) is 0 Å². The molecule has 4 unspecified atom stereocenters. The first kappa shape index (κ1) is 7.36. The Hall–Kier alpha value is -1.05. The topological polar surface area (TPSA) is 26.3 Å². The van der Waals surface area contributed by atoms with Crippen molar-refractivity contribution >= 4 is 5.97 Å². The van der Waals surface area contributed by atoms with E-state index in [1.165, 1.54) is 6.42 Å². The van der Waals surface area contributed by atoms with Gasteiger partial charge in [0, 0.05) is 16.9 Å². The van der Waals surface area contributed by atoms with Crippen molar-refractivity contribution in [3.63, 3.8) is 0 Å². The molecule has 0 N–H and O–H groups in total. The van der Waals surface area contributed by atoms with E-state index >= 15 is 0 Å². The molecule has 68 valence electrons. The summed E-state index contributed by atoms with van der Waals surface area (Å²) in [5.74, 6) is 1.12. The predicted octanol–water partition coefficient (Wildman–Crippen LogP) is 1.68. The van der Waals surface area contributed by atoms with Crippen LogP contribution in [0.25, 0.3) is 0 Å². The highest BCUT2D eigenvalue weighted by Crippen LogP contribution is 2.75. The monoisotopic (exact) mass is 176 g/mol. The molecule has 0 aromatic rings. The number of hydrogen-bond acceptors (Lipinski definition) is 2. The zero-order valence-electron chi connectivity index (χ0n) is 7.62. The molecule has 0 aliphatic heterocycles. The molecule has 0 aromatic carbocycles. The second-order valence-electron chi connectivity index (χ2n) is 4.47. The molecule has 4 aliphatic rings. The summed E-state index contributed by atoms with van der Waals surface area (Å²) in [5.41, 5.74) is 0.776. The lowest BCUT2D eigenvalue weighted by molar-refractivity contribution is -0.273. The van der Waals surface area contributed by atoms with Gasteiger partial charge in [0.15, 0.2) is 0 Å². The fourth-order valence-corrected chi connectivity index (χ4v) is 2.80. The van der Waals surface area contributed by atoms with E-state index < -0.39 is 0 Å². The van der Waals surface area contributed by atoms with Crippen LogP contribution in [0.5, 0.6) is 0 Å². The molecular formula is C11H12O2. The highest BCUT2D eigenvalue weighted by atomic mass is 16.5. The van der Waals surface area contributed by atoms with Crippen LogP contribution >= 0.6 is 0 Å². The van der Waals surface area contributed by atoms with E-state index in [-0.39, 0.29) is 17.5 Å². The summed E-state index contributed by atoms with van der Waals surface area (Å²) in [5, 5.41) is 0. The quantitative estimate of drug-likeness (QED) is 0.363. The number of ether oxygens (including phenoxy) is 1. The Kier molecular flexibility index (Phi) is 1.07. The van der Waals surface area contributed by atoms with Gasteiger partial charge in [-0.2, -0.15) is 0 Å². The van der Waals surface area contributed by atoms with Crippen LogP contribution in [0, 0.1) is 17.3 Å². The number of allylic oxidation sites excluding steroid dienone is 1. The number of carbonyl (C=O) groups excluding carboxylic acids is 1. The molecule has 0 heterocycles. The molecule has 1 spiro atoms. The molecule has 0 saturated heterocycles. The molecule has 13 heavy (non-hydrogen) atoms. The second-order valence-corrected chi connectivity index (χ2v) is 4.47. The third-order valence-corrected chi connectivity index (χ3v) is 3.79. The molecule has 2 nitrogen and oxygen atoms in total. The summed E-state index contributed by atoms with van der Waals surface area (Å²) in [4.78, 5) is 11.2. The first-order chi connectivity index (χ1) is 6.15. The van der Waals surface area contributed by atoms with Crippen LogP contribution in [0.15, 0.2) is 24.3 Å². The first-order valence-electron chi connectivity index (χ1n) is 4.71. The van der Waals surface area contributed by atoms with Crippen molar-refractivity contribution < 1.29 is 9.53 Å². The third kappa shape index (κ3) is 0.609. The molecule has 4 aliphatic carbocycles. The first-order valence-corrected chi connectivity index (χ1v) is 4.71. The highest BCUT2D eigenvalue weighted by molar-refractivity contribution is 5.87. The molecule has 2 bridgehead atoms. The predicted molar refractivity (Wildman–Crippen MR) is 47.9 cm³/mol. The summed E-state index contributed by atoms with van der Waals surface area (Å²) in [6.45, 7) is 5.27. The summed E-state index contributed by atoms with van der Waals surface area (Å²) < 4.78 is 5.34. The van der Waals surface area contributed by atoms with Gasteiger partial charge in [-0.05, 0) is 19.3 Å². The van der Waals surface area contributed by atoms with Crippen LogP contribution in [0.1, 0.15) is 13.3 Å².